The van der Waals surface area contributed by atoms with Gasteiger partial charge >= 0.3 is 5.97 Å². The zero-order valence-corrected chi connectivity index (χ0v) is 7.56. The molecule has 14 heavy (non-hydrogen) atoms. The molecule has 0 spiro atoms. The summed E-state index contributed by atoms with van der Waals surface area (Å²) in [5.41, 5.74) is 1.48. The second-order valence-electron chi connectivity index (χ2n) is 3.15. The Balaban J connectivity index is 2.28. The van der Waals surface area contributed by atoms with Crippen molar-refractivity contribution in [1.82, 2.24) is 0 Å². The molecule has 72 valence electrons. The number of cyclic esters (lactones) is 1. The van der Waals surface area contributed by atoms with Crippen molar-refractivity contribution in [3.8, 4) is 5.75 Å². The van der Waals surface area contributed by atoms with E-state index in [2.05, 4.69) is 0 Å². The van der Waals surface area contributed by atoms with E-state index in [1.165, 1.54) is 0 Å². The number of hydrogen-bond donors (Lipinski definition) is 1. The summed E-state index contributed by atoms with van der Waals surface area (Å²) in [6.45, 7) is 0.462. The summed E-state index contributed by atoms with van der Waals surface area (Å²) >= 11 is 0. The molecule has 3 heteroatoms. The van der Waals surface area contributed by atoms with Crippen LogP contribution in [0.15, 0.2) is 29.8 Å². The third kappa shape index (κ3) is 1.76. The molecule has 1 aliphatic heterocycles. The van der Waals surface area contributed by atoms with Gasteiger partial charge in [0.15, 0.2) is 0 Å². The van der Waals surface area contributed by atoms with Gasteiger partial charge in [0.25, 0.3) is 0 Å². The van der Waals surface area contributed by atoms with Crippen molar-refractivity contribution in [2.75, 3.05) is 6.61 Å². The second-order valence-corrected chi connectivity index (χ2v) is 3.15. The van der Waals surface area contributed by atoms with E-state index in [1.54, 1.807) is 24.3 Å². The van der Waals surface area contributed by atoms with Crippen LogP contribution >= 0.6 is 0 Å². The van der Waals surface area contributed by atoms with Gasteiger partial charge in [-0.3, -0.25) is 0 Å². The molecule has 1 aromatic rings. The lowest BCUT2D eigenvalue weighted by atomic mass is 10.1. The lowest BCUT2D eigenvalue weighted by Crippen LogP contribution is -1.94. The van der Waals surface area contributed by atoms with E-state index < -0.39 is 0 Å². The number of hydrogen-bond acceptors (Lipinski definition) is 3. The normalized spacial score (nSPS) is 18.6. The Kier molecular flexibility index (Phi) is 2.23. The second kappa shape index (κ2) is 3.54. The maximum absolute atomic E-state index is 11.1. The van der Waals surface area contributed by atoms with E-state index in [9.17, 15) is 9.90 Å². The summed E-state index contributed by atoms with van der Waals surface area (Å²) in [5, 5.41) is 9.21. The molecule has 0 aromatic heterocycles. The van der Waals surface area contributed by atoms with Gasteiger partial charge in [0.05, 0.1) is 6.61 Å². The van der Waals surface area contributed by atoms with Crippen molar-refractivity contribution in [1.29, 1.82) is 0 Å². The van der Waals surface area contributed by atoms with Crippen LogP contribution in [0, 0.1) is 0 Å². The van der Waals surface area contributed by atoms with Crippen LogP contribution in [0.1, 0.15) is 12.0 Å². The first kappa shape index (κ1) is 8.81. The van der Waals surface area contributed by atoms with E-state index in [0.717, 1.165) is 5.56 Å². The van der Waals surface area contributed by atoms with Crippen LogP contribution in [0.4, 0.5) is 0 Å². The zero-order valence-electron chi connectivity index (χ0n) is 7.56. The van der Waals surface area contributed by atoms with Crippen molar-refractivity contribution in [2.24, 2.45) is 0 Å². The van der Waals surface area contributed by atoms with Crippen molar-refractivity contribution in [2.45, 2.75) is 6.42 Å². The highest BCUT2D eigenvalue weighted by molar-refractivity contribution is 5.95. The molecule has 2 rings (SSSR count). The van der Waals surface area contributed by atoms with Gasteiger partial charge in [-0.05, 0) is 23.8 Å². The number of carbonyl (C=O) groups is 1. The average Bonchev–Trinajstić information content (AvgIpc) is 2.52. The summed E-state index contributed by atoms with van der Waals surface area (Å²) in [6, 6.07) is 6.77. The number of benzene rings is 1. The van der Waals surface area contributed by atoms with Crippen LogP contribution < -0.4 is 0 Å². The molecule has 0 radical (unpaired) electrons. The standard InChI is InChI=1S/C11H10O3/c12-10-3-1-2-8(7-10)6-9-4-5-14-11(9)13/h1-3,6-7,12H,4-5H2/b9-6+. The predicted molar refractivity (Wildman–Crippen MR) is 51.7 cm³/mol. The van der Waals surface area contributed by atoms with Gasteiger partial charge in [0, 0.05) is 12.0 Å². The molecule has 0 atom stereocenters. The minimum Gasteiger partial charge on any atom is -0.508 e. The highest BCUT2D eigenvalue weighted by atomic mass is 16.5. The fourth-order valence-corrected chi connectivity index (χ4v) is 1.40. The molecular weight excluding hydrogens is 180 g/mol. The van der Waals surface area contributed by atoms with Gasteiger partial charge in [-0.1, -0.05) is 12.1 Å². The first-order valence-corrected chi connectivity index (χ1v) is 4.42. The summed E-state index contributed by atoms with van der Waals surface area (Å²) in [6.07, 6.45) is 2.39. The third-order valence-corrected chi connectivity index (χ3v) is 2.08. The fraction of sp³-hybridized carbons (Fsp3) is 0.182. The Morgan fingerprint density at radius 3 is 2.93 bits per heavy atom. The average molecular weight is 190 g/mol. The van der Waals surface area contributed by atoms with Crippen LogP contribution in [0.25, 0.3) is 6.08 Å². The highest BCUT2D eigenvalue weighted by Gasteiger charge is 2.17. The van der Waals surface area contributed by atoms with Crippen LogP contribution in [0.2, 0.25) is 0 Å². The summed E-state index contributed by atoms with van der Waals surface area (Å²) in [7, 11) is 0. The number of phenolic OH excluding ortho intramolecular Hbond substituents is 1. The smallest absolute Gasteiger partial charge is 0.334 e. The number of phenols is 1. The zero-order chi connectivity index (χ0) is 9.97. The third-order valence-electron chi connectivity index (χ3n) is 2.08. The van der Waals surface area contributed by atoms with Crippen molar-refractivity contribution < 1.29 is 14.6 Å². The largest absolute Gasteiger partial charge is 0.508 e. The van der Waals surface area contributed by atoms with E-state index in [1.807, 2.05) is 6.07 Å². The SMILES string of the molecule is O=C1OCC/C1=C\c1cccc(O)c1. The molecule has 1 fully saturated rings. The van der Waals surface area contributed by atoms with Gasteiger partial charge in [0.1, 0.15) is 5.75 Å². The topological polar surface area (TPSA) is 46.5 Å². The Labute approximate surface area is 81.6 Å². The number of ether oxygens (including phenoxy) is 1. The van der Waals surface area contributed by atoms with Crippen LogP contribution in [-0.4, -0.2) is 17.7 Å². The molecule has 1 aromatic carbocycles. The molecule has 1 saturated heterocycles. The van der Waals surface area contributed by atoms with Gasteiger partial charge in [0.2, 0.25) is 0 Å². The molecule has 1 heterocycles. The van der Waals surface area contributed by atoms with E-state index in [0.29, 0.717) is 18.6 Å². The molecule has 0 aliphatic carbocycles. The van der Waals surface area contributed by atoms with Gasteiger partial charge in [-0.25, -0.2) is 4.79 Å². The van der Waals surface area contributed by atoms with Crippen molar-refractivity contribution >= 4 is 12.0 Å². The lowest BCUT2D eigenvalue weighted by Gasteiger charge is -1.96. The Bertz CT molecular complexity index is 393. The summed E-state index contributed by atoms with van der Waals surface area (Å²) in [5.74, 6) is -0.0564. The van der Waals surface area contributed by atoms with Crippen LogP contribution in [0.5, 0.6) is 5.75 Å². The molecule has 3 nitrogen and oxygen atoms in total. The first-order valence-electron chi connectivity index (χ1n) is 4.42. The van der Waals surface area contributed by atoms with E-state index in [-0.39, 0.29) is 11.7 Å². The lowest BCUT2D eigenvalue weighted by molar-refractivity contribution is -0.134. The molecule has 0 bridgehead atoms. The maximum Gasteiger partial charge on any atom is 0.334 e. The molecule has 0 unspecified atom stereocenters. The quantitative estimate of drug-likeness (QED) is 0.541. The summed E-state index contributed by atoms with van der Waals surface area (Å²) in [4.78, 5) is 11.1. The maximum atomic E-state index is 11.1. The number of aromatic hydroxyl groups is 1. The fourth-order valence-electron chi connectivity index (χ4n) is 1.40. The predicted octanol–water partition coefficient (Wildman–Crippen LogP) is 1.72. The van der Waals surface area contributed by atoms with E-state index >= 15 is 0 Å². The van der Waals surface area contributed by atoms with Crippen molar-refractivity contribution in [3.05, 3.63) is 35.4 Å². The minimum atomic E-state index is -0.256. The van der Waals surface area contributed by atoms with E-state index in [4.69, 9.17) is 4.74 Å². The van der Waals surface area contributed by atoms with Crippen LogP contribution in [-0.2, 0) is 9.53 Å². The molecule has 0 saturated carbocycles. The summed E-state index contributed by atoms with van der Waals surface area (Å²) < 4.78 is 4.80. The molecule has 1 N–H and O–H groups in total. The van der Waals surface area contributed by atoms with Gasteiger partial charge in [-0.15, -0.1) is 0 Å². The first-order chi connectivity index (χ1) is 6.75. The van der Waals surface area contributed by atoms with Gasteiger partial charge in [-0.2, -0.15) is 0 Å². The number of esters is 1. The Morgan fingerprint density at radius 2 is 2.29 bits per heavy atom. The number of rotatable bonds is 1. The Morgan fingerprint density at radius 1 is 1.43 bits per heavy atom. The number of carbonyl (C=O) groups excluding carboxylic acids is 1. The van der Waals surface area contributed by atoms with Gasteiger partial charge < -0.3 is 9.84 Å². The molecule has 0 amide bonds. The molecule has 1 aliphatic rings. The Hall–Kier alpha value is -1.77. The molecular formula is C11H10O3. The van der Waals surface area contributed by atoms with Crippen LogP contribution in [0.3, 0.4) is 0 Å². The highest BCUT2D eigenvalue weighted by Crippen LogP contribution is 2.19. The van der Waals surface area contributed by atoms with Crippen molar-refractivity contribution in [3.63, 3.8) is 0 Å². The minimum absolute atomic E-state index is 0.200. The monoisotopic (exact) mass is 190 g/mol.